The molecule has 1 heteroatoms. The minimum Gasteiger partial charge on any atom is -0.455 e. The summed E-state index contributed by atoms with van der Waals surface area (Å²) < 4.78 is 276. The Bertz CT molecular complexity index is 4480. The van der Waals surface area contributed by atoms with E-state index in [2.05, 4.69) is 0 Å². The summed E-state index contributed by atoms with van der Waals surface area (Å²) in [5, 5.41) is -5.75. The Morgan fingerprint density at radius 3 is 1.57 bits per heavy atom. The summed E-state index contributed by atoms with van der Waals surface area (Å²) in [6, 6.07) is -29.1. The van der Waals surface area contributed by atoms with Crippen molar-refractivity contribution in [3.8, 4) is 44.5 Å². The second kappa shape index (κ2) is 11.1. The fourth-order valence-corrected chi connectivity index (χ4v) is 5.82. The van der Waals surface area contributed by atoms with E-state index in [0.717, 1.165) is 0 Å². The van der Waals surface area contributed by atoms with Crippen molar-refractivity contribution in [1.82, 2.24) is 0 Å². The highest BCUT2D eigenvalue weighted by Gasteiger charge is 2.19. The molecule has 0 spiro atoms. The van der Waals surface area contributed by atoms with E-state index in [-0.39, 0.29) is 0 Å². The fraction of sp³-hybridized carbons (Fsp3) is 0. The second-order valence-electron chi connectivity index (χ2n) is 10.5. The topological polar surface area (TPSA) is 13.1 Å². The summed E-state index contributed by atoms with van der Waals surface area (Å²) in [5.41, 5.74) is -7.73. The summed E-state index contributed by atoms with van der Waals surface area (Å²) in [5.74, 6) is 0. The van der Waals surface area contributed by atoms with Crippen molar-refractivity contribution in [3.63, 3.8) is 0 Å². The number of hydrogen-bond donors (Lipinski definition) is 0. The average Bonchev–Trinajstić information content (AvgIpc) is 4.01. The number of para-hydroxylation sites is 1. The number of fused-ring (bicyclic) bond motifs is 6. The van der Waals surface area contributed by atoms with Crippen molar-refractivity contribution >= 4 is 54.3 Å². The van der Waals surface area contributed by atoms with Crippen LogP contribution in [0, 0.1) is 0 Å². The van der Waals surface area contributed by atoms with Gasteiger partial charge in [0.2, 0.25) is 0 Å². The maximum Gasteiger partial charge on any atom is 0.143 e. The Hall–Kier alpha value is -6.44. The van der Waals surface area contributed by atoms with Crippen molar-refractivity contribution in [2.45, 2.75) is 0 Å². The highest BCUT2D eigenvalue weighted by atomic mass is 16.3. The summed E-state index contributed by atoms with van der Waals surface area (Å²) in [6.07, 6.45) is 0. The molecular formula is C48H30O. The Morgan fingerprint density at radius 2 is 0.837 bits per heavy atom. The molecule has 0 aliphatic heterocycles. The maximum atomic E-state index is 9.92. The van der Waals surface area contributed by atoms with Gasteiger partial charge >= 0.3 is 0 Å². The summed E-state index contributed by atoms with van der Waals surface area (Å²) in [6.45, 7) is 0. The van der Waals surface area contributed by atoms with Gasteiger partial charge in [-0.1, -0.05) is 163 Å². The smallest absolute Gasteiger partial charge is 0.143 e. The minimum absolute atomic E-state index is 0.587. The van der Waals surface area contributed by atoms with Gasteiger partial charge in [-0.15, -0.1) is 0 Å². The van der Waals surface area contributed by atoms with Gasteiger partial charge in [0.15, 0.2) is 0 Å². The zero-order valence-electron chi connectivity index (χ0n) is 54.4. The van der Waals surface area contributed by atoms with E-state index in [1.54, 1.807) is 0 Å². The lowest BCUT2D eigenvalue weighted by atomic mass is 9.85. The molecule has 10 rings (SSSR count). The highest BCUT2D eigenvalue weighted by Crippen LogP contribution is 2.46. The van der Waals surface area contributed by atoms with E-state index in [0.29, 0.717) is 0 Å². The molecule has 0 saturated heterocycles. The van der Waals surface area contributed by atoms with Crippen LogP contribution in [0.25, 0.3) is 98.8 Å². The lowest BCUT2D eigenvalue weighted by molar-refractivity contribution is 0.670. The summed E-state index contributed by atoms with van der Waals surface area (Å²) in [4.78, 5) is 0. The van der Waals surface area contributed by atoms with Gasteiger partial charge in [0.25, 0.3) is 0 Å². The van der Waals surface area contributed by atoms with Crippen LogP contribution < -0.4 is 0 Å². The van der Waals surface area contributed by atoms with Crippen molar-refractivity contribution in [3.05, 3.63) is 181 Å². The van der Waals surface area contributed by atoms with Crippen molar-refractivity contribution in [2.75, 3.05) is 0 Å². The molecule has 0 radical (unpaired) electrons. The van der Waals surface area contributed by atoms with Crippen LogP contribution in [0.1, 0.15) is 41.1 Å². The molecule has 9 aromatic carbocycles. The van der Waals surface area contributed by atoms with Crippen LogP contribution in [-0.2, 0) is 0 Å². The average molecular weight is 653 g/mol. The Balaban J connectivity index is 1.48. The Morgan fingerprint density at radius 1 is 0.327 bits per heavy atom. The molecule has 10 aromatic rings. The fourth-order valence-electron chi connectivity index (χ4n) is 5.82. The van der Waals surface area contributed by atoms with Crippen molar-refractivity contribution in [2.24, 2.45) is 0 Å². The molecule has 1 nitrogen and oxygen atoms in total. The number of hydrogen-bond acceptors (Lipinski definition) is 1. The van der Waals surface area contributed by atoms with Gasteiger partial charge in [0.05, 0.1) is 41.1 Å². The largest absolute Gasteiger partial charge is 0.455 e. The predicted molar refractivity (Wildman–Crippen MR) is 208 cm³/mol. The van der Waals surface area contributed by atoms with Crippen LogP contribution in [0.15, 0.2) is 186 Å². The lowest BCUT2D eigenvalue weighted by Gasteiger charge is -2.18. The van der Waals surface area contributed by atoms with Gasteiger partial charge in [-0.3, -0.25) is 0 Å². The maximum absolute atomic E-state index is 9.92. The number of furan rings is 1. The van der Waals surface area contributed by atoms with Gasteiger partial charge in [-0.2, -0.15) is 0 Å². The van der Waals surface area contributed by atoms with Gasteiger partial charge in [0, 0.05) is 16.3 Å². The quantitative estimate of drug-likeness (QED) is 0.172. The normalized spacial score (nSPS) is 20.2. The van der Waals surface area contributed by atoms with E-state index < -0.39 is 280 Å². The third-order valence-corrected chi connectivity index (χ3v) is 7.87. The second-order valence-corrected chi connectivity index (χ2v) is 10.5. The van der Waals surface area contributed by atoms with Crippen molar-refractivity contribution < 1.29 is 45.5 Å². The van der Waals surface area contributed by atoms with E-state index in [4.69, 9.17) is 33.2 Å². The highest BCUT2D eigenvalue weighted by molar-refractivity contribution is 6.22. The minimum atomic E-state index is -1.11. The SMILES string of the molecule is [2H]c1c([2H])c([2H])c(-c2c([2H])c([2H])c([2H])c3c2oc2c([2H])c([2H])c(-c4c5c([2H])c([2H])c([2H])c([2H])c5c(-c5c([2H])c([2H])c([2H])c(-c6c([2H])c([2H])c([2H])c7c([2H])c([2H])c([2H])c([2H])c67)c5[2H])c5c([2H])c([2H])c([2H])c([2H])c45)c([2H])c23)c([2H])c1[2H]. The number of rotatable bonds is 4. The summed E-state index contributed by atoms with van der Waals surface area (Å²) in [7, 11) is 0. The van der Waals surface area contributed by atoms with Crippen LogP contribution >= 0.6 is 0 Å². The molecule has 0 bridgehead atoms. The Kier molecular flexibility index (Phi) is 2.50. The molecule has 0 amide bonds. The molecular weight excluding hydrogens is 593 g/mol. The molecule has 1 aromatic heterocycles. The van der Waals surface area contributed by atoms with E-state index in [1.165, 1.54) is 0 Å². The molecule has 0 saturated carbocycles. The monoisotopic (exact) mass is 652 g/mol. The molecule has 0 aliphatic rings. The van der Waals surface area contributed by atoms with Crippen LogP contribution in [0.4, 0.5) is 0 Å². The van der Waals surface area contributed by atoms with E-state index in [1.807, 2.05) is 0 Å². The molecule has 0 unspecified atom stereocenters. The first-order valence-electron chi connectivity index (χ1n) is 29.4. The third-order valence-electron chi connectivity index (χ3n) is 7.87. The van der Waals surface area contributed by atoms with Crippen LogP contribution in [0.2, 0.25) is 0 Å². The van der Waals surface area contributed by atoms with Crippen LogP contribution in [0.5, 0.6) is 0 Å². The third kappa shape index (κ3) is 4.40. The molecule has 0 N–H and O–H groups in total. The molecule has 1 heterocycles. The van der Waals surface area contributed by atoms with Gasteiger partial charge in [-0.25, -0.2) is 0 Å². The van der Waals surface area contributed by atoms with Gasteiger partial charge < -0.3 is 4.42 Å². The molecule has 0 aliphatic carbocycles. The van der Waals surface area contributed by atoms with Gasteiger partial charge in [-0.05, 0) is 89.4 Å². The Labute approximate surface area is 326 Å². The first-order valence-corrected chi connectivity index (χ1v) is 14.4. The van der Waals surface area contributed by atoms with Crippen LogP contribution in [0.3, 0.4) is 0 Å². The number of benzene rings is 9. The van der Waals surface area contributed by atoms with E-state index >= 15 is 0 Å². The first-order chi connectivity index (χ1) is 36.8. The molecule has 0 atom stereocenters. The predicted octanol–water partition coefficient (Wildman–Crippen LogP) is 13.7. The van der Waals surface area contributed by atoms with Crippen molar-refractivity contribution in [1.29, 1.82) is 0 Å². The standard InChI is InChI=1S/C48H30O/c1-2-13-32(14-3-1)38-25-12-26-43-44-30-35(27-28-45(44)49-48(38)43)47-41-22-8-6-20-39(41)46(40-21-7-9-23-42(40)47)34-18-10-17-33(29-34)37-24-11-16-31-15-4-5-19-36(31)37/h1-30H/i1D,2D,3D,4D,5D,6D,7D,8D,9D,10D,11D,12D,13D,14D,15D,16D,17D,18D,19D,20D,21D,22D,23D,24D,25D,26D,27D,28D,29D,30D. The summed E-state index contributed by atoms with van der Waals surface area (Å²) >= 11 is 0. The van der Waals surface area contributed by atoms with E-state index in [9.17, 15) is 12.3 Å². The van der Waals surface area contributed by atoms with Gasteiger partial charge in [0.1, 0.15) is 11.2 Å². The zero-order chi connectivity index (χ0) is 58.4. The molecule has 49 heavy (non-hydrogen) atoms. The zero-order valence-corrected chi connectivity index (χ0v) is 24.4. The molecule has 0 fully saturated rings. The lowest BCUT2D eigenvalue weighted by Crippen LogP contribution is -1.91. The van der Waals surface area contributed by atoms with Crippen LogP contribution in [-0.4, -0.2) is 0 Å². The first kappa shape index (κ1) is 11.1. The molecule has 228 valence electrons.